The van der Waals surface area contributed by atoms with E-state index in [2.05, 4.69) is 4.98 Å². The number of halogens is 4. The first-order valence-electron chi connectivity index (χ1n) is 11.5. The number of carboxylic acid groups (broad SMARTS) is 1. The predicted molar refractivity (Wildman–Crippen MR) is 146 cm³/mol. The molecule has 0 spiro atoms. The minimum absolute atomic E-state index is 0.0447. The van der Waals surface area contributed by atoms with Crippen molar-refractivity contribution < 1.29 is 40.8 Å². The van der Waals surface area contributed by atoms with Crippen LogP contribution >= 0.6 is 11.6 Å². The second kappa shape index (κ2) is 11.2. The number of carboxylic acids is 1. The van der Waals surface area contributed by atoms with Crippen LogP contribution in [0.3, 0.4) is 0 Å². The van der Waals surface area contributed by atoms with Crippen LogP contribution in [-0.2, 0) is 16.5 Å². The lowest BCUT2D eigenvalue weighted by molar-refractivity contribution is -0.137. The van der Waals surface area contributed by atoms with Gasteiger partial charge in [-0.2, -0.15) is 21.6 Å². The Hall–Kier alpha value is -4.46. The lowest BCUT2D eigenvalue weighted by Crippen LogP contribution is -2.27. The van der Waals surface area contributed by atoms with Gasteiger partial charge in [0, 0.05) is 23.3 Å². The van der Waals surface area contributed by atoms with Crippen molar-refractivity contribution in [2.24, 2.45) is 0 Å². The highest BCUT2D eigenvalue weighted by molar-refractivity contribution is 7.87. The van der Waals surface area contributed by atoms with Crippen LogP contribution in [-0.4, -0.2) is 41.9 Å². The summed E-state index contributed by atoms with van der Waals surface area (Å²) in [4.78, 5) is 31.1. The fourth-order valence-corrected chi connectivity index (χ4v) is 4.81. The van der Waals surface area contributed by atoms with Crippen LogP contribution in [0.2, 0.25) is 5.02 Å². The Kier molecular flexibility index (Phi) is 8.06. The Morgan fingerprint density at radius 3 is 1.98 bits per heavy atom. The number of anilines is 4. The monoisotopic (exact) mass is 605 g/mol. The molecule has 4 rings (SSSR count). The van der Waals surface area contributed by atoms with Gasteiger partial charge in [-0.1, -0.05) is 11.6 Å². The molecule has 0 unspecified atom stereocenters. The van der Waals surface area contributed by atoms with Crippen LogP contribution in [0, 0.1) is 0 Å². The summed E-state index contributed by atoms with van der Waals surface area (Å²) in [5.41, 5.74) is -1.66. The highest BCUT2D eigenvalue weighted by atomic mass is 35.5. The summed E-state index contributed by atoms with van der Waals surface area (Å²) in [5.74, 6) is -2.35. The number of carbonyl (C=O) groups is 2. The zero-order chi connectivity index (χ0) is 30.1. The smallest absolute Gasteiger partial charge is 0.416 e. The molecular weight excluding hydrogens is 587 g/mol. The van der Waals surface area contributed by atoms with Crippen LogP contribution in [0.1, 0.15) is 32.0 Å². The summed E-state index contributed by atoms with van der Waals surface area (Å²) < 4.78 is 73.3. The summed E-state index contributed by atoms with van der Waals surface area (Å²) >= 11 is 5.92. The maximum absolute atomic E-state index is 13.1. The van der Waals surface area contributed by atoms with E-state index in [0.717, 1.165) is 36.0 Å². The molecule has 4 aromatic rings. The summed E-state index contributed by atoms with van der Waals surface area (Å²) in [6, 6.07) is 15.7. The number of benzene rings is 3. The summed E-state index contributed by atoms with van der Waals surface area (Å²) in [6.07, 6.45) is -3.29. The van der Waals surface area contributed by atoms with Gasteiger partial charge < -0.3 is 10.0 Å². The molecule has 3 aromatic carbocycles. The first kappa shape index (κ1) is 29.5. The normalized spacial score (nSPS) is 11.7. The van der Waals surface area contributed by atoms with Crippen molar-refractivity contribution in [3.8, 4) is 0 Å². The molecule has 0 amide bonds. The summed E-state index contributed by atoms with van der Waals surface area (Å²) in [5, 5.41) is 10.3. The van der Waals surface area contributed by atoms with Gasteiger partial charge in [0.05, 0.1) is 34.4 Å². The zero-order valence-corrected chi connectivity index (χ0v) is 22.4. The van der Waals surface area contributed by atoms with Crippen LogP contribution in [0.4, 0.5) is 35.9 Å². The Balaban J connectivity index is 1.68. The van der Waals surface area contributed by atoms with Gasteiger partial charge in [-0.05, 0) is 78.9 Å². The van der Waals surface area contributed by atoms with E-state index < -0.39 is 50.7 Å². The maximum atomic E-state index is 13.1. The molecule has 9 nitrogen and oxygen atoms in total. The summed E-state index contributed by atoms with van der Waals surface area (Å²) in [6.45, 7) is 0. The van der Waals surface area contributed by atoms with E-state index in [1.54, 1.807) is 42.3 Å². The molecule has 0 radical (unpaired) electrons. The molecule has 2 N–H and O–H groups in total. The number of hydrogen-bond acceptors (Lipinski definition) is 6. The van der Waals surface area contributed by atoms with E-state index >= 15 is 0 Å². The van der Waals surface area contributed by atoms with Crippen molar-refractivity contribution >= 4 is 56.4 Å². The molecule has 0 bridgehead atoms. The van der Waals surface area contributed by atoms with Gasteiger partial charge in [0.2, 0.25) is 5.78 Å². The lowest BCUT2D eigenvalue weighted by Gasteiger charge is -2.23. The topological polar surface area (TPSA) is 128 Å². The minimum Gasteiger partial charge on any atom is -0.478 e. The van der Waals surface area contributed by atoms with E-state index in [1.807, 2.05) is 0 Å². The van der Waals surface area contributed by atoms with Gasteiger partial charge in [-0.3, -0.25) is 14.3 Å². The Labute approximate surface area is 236 Å². The molecule has 0 saturated carbocycles. The fourth-order valence-electron chi connectivity index (χ4n) is 3.89. The van der Waals surface area contributed by atoms with Gasteiger partial charge in [0.15, 0.2) is 0 Å². The zero-order valence-electron chi connectivity index (χ0n) is 20.9. The summed E-state index contributed by atoms with van der Waals surface area (Å²) in [7, 11) is -3.44. The molecule has 212 valence electrons. The predicted octanol–water partition coefficient (Wildman–Crippen LogP) is 6.39. The van der Waals surface area contributed by atoms with Gasteiger partial charge in [-0.15, -0.1) is 0 Å². The van der Waals surface area contributed by atoms with E-state index in [0.29, 0.717) is 22.8 Å². The van der Waals surface area contributed by atoms with Crippen LogP contribution in [0.25, 0.3) is 0 Å². The number of hydrogen-bond donors (Lipinski definition) is 2. The van der Waals surface area contributed by atoms with E-state index in [4.69, 9.17) is 11.6 Å². The molecule has 0 aliphatic rings. The van der Waals surface area contributed by atoms with Crippen molar-refractivity contribution in [2.45, 2.75) is 6.18 Å². The molecule has 41 heavy (non-hydrogen) atoms. The third-order valence-corrected chi connectivity index (χ3v) is 7.07. The second-order valence-electron chi connectivity index (χ2n) is 8.59. The number of carbonyl (C=O) groups excluding carboxylic acids is 1. The average Bonchev–Trinajstić information content (AvgIpc) is 2.92. The molecule has 0 atom stereocenters. The molecule has 1 aromatic heterocycles. The Morgan fingerprint density at radius 1 is 0.878 bits per heavy atom. The van der Waals surface area contributed by atoms with Crippen molar-refractivity contribution in [3.05, 3.63) is 112 Å². The number of rotatable bonds is 8. The minimum atomic E-state index is -5.22. The first-order chi connectivity index (χ1) is 19.2. The van der Waals surface area contributed by atoms with Gasteiger partial charge in [-0.25, -0.2) is 9.10 Å². The highest BCUT2D eigenvalue weighted by Crippen LogP contribution is 2.35. The number of pyridine rings is 1. The van der Waals surface area contributed by atoms with Gasteiger partial charge in [0.25, 0.3) is 0 Å². The molecule has 1 heterocycles. The van der Waals surface area contributed by atoms with Crippen LogP contribution < -0.4 is 9.21 Å². The van der Waals surface area contributed by atoms with E-state index in [9.17, 15) is 40.8 Å². The van der Waals surface area contributed by atoms with Gasteiger partial charge in [0.1, 0.15) is 5.69 Å². The number of alkyl halides is 3. The van der Waals surface area contributed by atoms with Gasteiger partial charge >= 0.3 is 22.4 Å². The Morgan fingerprint density at radius 2 is 1.46 bits per heavy atom. The van der Waals surface area contributed by atoms with Crippen LogP contribution in [0.5, 0.6) is 0 Å². The highest BCUT2D eigenvalue weighted by Gasteiger charge is 2.32. The quantitative estimate of drug-likeness (QED) is 0.175. The standard InChI is InChI=1S/C27H19ClF3N3O6S/c1-33(19-9-5-18(28)6-10-19)21-11-12-23(32-15-21)25(35)16-2-13-24(22(14-16)26(36)37)34(41(38,39)40)20-7-3-17(4-8-20)27(29,30)31/h2-15H,1H3,(H,36,37)(H,38,39,40). The van der Waals surface area contributed by atoms with Crippen LogP contribution in [0.15, 0.2) is 85.1 Å². The van der Waals surface area contributed by atoms with E-state index in [1.165, 1.54) is 12.3 Å². The number of aromatic carboxylic acids is 1. The molecule has 14 heteroatoms. The maximum Gasteiger partial charge on any atom is 0.416 e. The first-order valence-corrected chi connectivity index (χ1v) is 13.3. The molecule has 0 aliphatic carbocycles. The Bertz CT molecular complexity index is 1710. The SMILES string of the molecule is CN(c1ccc(Cl)cc1)c1ccc(C(=O)c2ccc(N(c3ccc(C(F)(F)F)cc3)S(=O)(=O)O)c(C(=O)O)c2)nc1. The van der Waals surface area contributed by atoms with Crippen molar-refractivity contribution in [1.82, 2.24) is 4.98 Å². The van der Waals surface area contributed by atoms with Crippen molar-refractivity contribution in [2.75, 3.05) is 16.3 Å². The molecule has 0 saturated heterocycles. The number of ketones is 1. The number of nitrogens with zero attached hydrogens (tertiary/aromatic N) is 3. The van der Waals surface area contributed by atoms with E-state index in [-0.39, 0.29) is 15.6 Å². The largest absolute Gasteiger partial charge is 0.478 e. The lowest BCUT2D eigenvalue weighted by atomic mass is 10.0. The molecular formula is C27H19ClF3N3O6S. The van der Waals surface area contributed by atoms with Crippen molar-refractivity contribution in [1.29, 1.82) is 0 Å². The van der Waals surface area contributed by atoms with Crippen molar-refractivity contribution in [3.63, 3.8) is 0 Å². The second-order valence-corrected chi connectivity index (χ2v) is 10.3. The number of aromatic nitrogens is 1. The third-order valence-electron chi connectivity index (χ3n) is 5.95. The third kappa shape index (κ3) is 6.48. The molecule has 0 aliphatic heterocycles. The molecule has 0 fully saturated rings. The fraction of sp³-hybridized carbons (Fsp3) is 0.0741. The average molecular weight is 606 g/mol.